The topological polar surface area (TPSA) is 112 Å². The van der Waals surface area contributed by atoms with Gasteiger partial charge in [-0.05, 0) is 42.8 Å². The third kappa shape index (κ3) is 3.65. The van der Waals surface area contributed by atoms with E-state index in [1.807, 2.05) is 0 Å². The maximum Gasteiger partial charge on any atom is 0.297 e. The summed E-state index contributed by atoms with van der Waals surface area (Å²) >= 11 is 0. The minimum atomic E-state index is -0.892. The molecule has 3 heterocycles. The molecule has 28 heavy (non-hydrogen) atoms. The van der Waals surface area contributed by atoms with E-state index >= 15 is 0 Å². The molecule has 10 heteroatoms. The van der Waals surface area contributed by atoms with Crippen LogP contribution >= 0.6 is 0 Å². The Morgan fingerprint density at radius 2 is 2.00 bits per heavy atom. The van der Waals surface area contributed by atoms with Gasteiger partial charge in [-0.25, -0.2) is 14.1 Å². The monoisotopic (exact) mass is 382 g/mol. The van der Waals surface area contributed by atoms with E-state index in [2.05, 4.69) is 25.2 Å². The normalized spacial score (nSPS) is 10.9. The zero-order valence-corrected chi connectivity index (χ0v) is 14.8. The summed E-state index contributed by atoms with van der Waals surface area (Å²) in [5.41, 5.74) is 1.30. The fourth-order valence-corrected chi connectivity index (χ4v) is 2.62. The Labute approximate surface area is 157 Å². The van der Waals surface area contributed by atoms with Crippen molar-refractivity contribution < 1.29 is 13.7 Å². The van der Waals surface area contributed by atoms with Crippen molar-refractivity contribution in [1.29, 1.82) is 0 Å². The van der Waals surface area contributed by atoms with E-state index in [1.54, 1.807) is 48.1 Å². The summed E-state index contributed by atoms with van der Waals surface area (Å²) in [6.07, 6.45) is 1.58. The summed E-state index contributed by atoms with van der Waals surface area (Å²) in [5.74, 6) is 1.87. The van der Waals surface area contributed by atoms with Gasteiger partial charge in [0.2, 0.25) is 24.1 Å². The number of ether oxygens (including phenoxy) is 1. The van der Waals surface area contributed by atoms with E-state index in [4.69, 9.17) is 9.26 Å². The Morgan fingerprint density at radius 1 is 1.18 bits per heavy atom. The second kappa shape index (κ2) is 7.43. The molecule has 0 spiro atoms. The van der Waals surface area contributed by atoms with Crippen LogP contribution in [0.4, 0.5) is 4.39 Å². The van der Waals surface area contributed by atoms with Gasteiger partial charge in [0, 0.05) is 17.8 Å². The van der Waals surface area contributed by atoms with Gasteiger partial charge >= 0.3 is 0 Å². The number of rotatable bonds is 6. The molecule has 9 nitrogen and oxygen atoms in total. The van der Waals surface area contributed by atoms with Gasteiger partial charge in [0.05, 0.1) is 6.54 Å². The summed E-state index contributed by atoms with van der Waals surface area (Å²) in [5, 5.41) is 8.32. The van der Waals surface area contributed by atoms with E-state index in [9.17, 15) is 9.18 Å². The lowest BCUT2D eigenvalue weighted by molar-refractivity contribution is 0.192. The number of aryl methyl sites for hydroxylation is 1. The standard InChI is InChI=1S/C18H15FN6O3/c1-11-21-17(23-25(11)9-12-6-7-20-15(26)8-12)18-22-16(24-28-18)13-2-4-14(5-3-13)27-10-19/h2-8H,9-10H2,1H3,(H,20,26). The van der Waals surface area contributed by atoms with Crippen LogP contribution in [-0.2, 0) is 6.54 Å². The van der Waals surface area contributed by atoms with Crippen molar-refractivity contribution in [2.24, 2.45) is 0 Å². The highest BCUT2D eigenvalue weighted by Gasteiger charge is 2.17. The van der Waals surface area contributed by atoms with Crippen LogP contribution in [0.3, 0.4) is 0 Å². The van der Waals surface area contributed by atoms with Gasteiger partial charge in [-0.2, -0.15) is 4.98 Å². The maximum absolute atomic E-state index is 12.2. The quantitative estimate of drug-likeness (QED) is 0.545. The Morgan fingerprint density at radius 3 is 2.75 bits per heavy atom. The molecule has 142 valence electrons. The number of benzene rings is 1. The number of H-pyrrole nitrogens is 1. The molecule has 0 fully saturated rings. The zero-order valence-electron chi connectivity index (χ0n) is 14.8. The average Bonchev–Trinajstić information content (AvgIpc) is 3.30. The molecule has 0 unspecified atom stereocenters. The minimum Gasteiger partial charge on any atom is -0.463 e. The van der Waals surface area contributed by atoms with E-state index in [-0.39, 0.29) is 11.4 Å². The van der Waals surface area contributed by atoms with Gasteiger partial charge < -0.3 is 14.2 Å². The first-order valence-corrected chi connectivity index (χ1v) is 8.35. The second-order valence-electron chi connectivity index (χ2n) is 5.90. The largest absolute Gasteiger partial charge is 0.463 e. The number of alkyl halides is 1. The smallest absolute Gasteiger partial charge is 0.297 e. The number of nitrogens with zero attached hydrogens (tertiary/aromatic N) is 5. The first kappa shape index (κ1) is 17.6. The van der Waals surface area contributed by atoms with Crippen LogP contribution in [0.5, 0.6) is 5.75 Å². The van der Waals surface area contributed by atoms with Crippen LogP contribution in [0.15, 0.2) is 51.9 Å². The molecule has 3 aromatic heterocycles. The Kier molecular flexibility index (Phi) is 4.67. The maximum atomic E-state index is 12.2. The van der Waals surface area contributed by atoms with Gasteiger partial charge in [-0.3, -0.25) is 4.79 Å². The molecule has 4 aromatic rings. The van der Waals surface area contributed by atoms with Crippen LogP contribution < -0.4 is 10.3 Å². The lowest BCUT2D eigenvalue weighted by atomic mass is 10.2. The van der Waals surface area contributed by atoms with Gasteiger partial charge in [0.15, 0.2) is 0 Å². The average molecular weight is 382 g/mol. The van der Waals surface area contributed by atoms with Crippen LogP contribution in [0, 0.1) is 6.92 Å². The number of nitrogens with one attached hydrogen (secondary N) is 1. The molecule has 0 saturated heterocycles. The molecule has 0 aliphatic heterocycles. The molecule has 0 radical (unpaired) electrons. The Balaban J connectivity index is 1.56. The van der Waals surface area contributed by atoms with Crippen molar-refractivity contribution in [2.75, 3.05) is 6.86 Å². The molecule has 0 atom stereocenters. The highest BCUT2D eigenvalue weighted by atomic mass is 19.1. The minimum absolute atomic E-state index is 0.173. The van der Waals surface area contributed by atoms with Gasteiger partial charge in [0.1, 0.15) is 11.6 Å². The summed E-state index contributed by atoms with van der Waals surface area (Å²) in [4.78, 5) is 22.7. The van der Waals surface area contributed by atoms with Crippen molar-refractivity contribution >= 4 is 0 Å². The molecule has 1 aromatic carbocycles. The molecule has 4 rings (SSSR count). The molecule has 0 aliphatic rings. The number of pyridine rings is 1. The van der Waals surface area contributed by atoms with Crippen molar-refractivity contribution in [1.82, 2.24) is 29.9 Å². The number of hydrogen-bond acceptors (Lipinski definition) is 7. The molecule has 0 bridgehead atoms. The van der Waals surface area contributed by atoms with Gasteiger partial charge in [0.25, 0.3) is 5.89 Å². The lowest BCUT2D eigenvalue weighted by Gasteiger charge is -2.01. The van der Waals surface area contributed by atoms with Crippen molar-refractivity contribution in [3.8, 4) is 28.9 Å². The highest BCUT2D eigenvalue weighted by Crippen LogP contribution is 2.23. The van der Waals surface area contributed by atoms with Crippen LogP contribution in [0.1, 0.15) is 11.4 Å². The zero-order chi connectivity index (χ0) is 19.5. The van der Waals surface area contributed by atoms with E-state index in [0.717, 1.165) is 5.56 Å². The van der Waals surface area contributed by atoms with Crippen molar-refractivity contribution in [2.45, 2.75) is 13.5 Å². The molecule has 0 amide bonds. The highest BCUT2D eigenvalue weighted by molar-refractivity contribution is 5.57. The summed E-state index contributed by atoms with van der Waals surface area (Å²) in [6, 6.07) is 9.92. The van der Waals surface area contributed by atoms with Crippen molar-refractivity contribution in [3.05, 3.63) is 64.3 Å². The molecule has 1 N–H and O–H groups in total. The number of halogens is 1. The molecular formula is C18H15FN6O3. The van der Waals surface area contributed by atoms with E-state index < -0.39 is 6.86 Å². The third-order valence-corrected chi connectivity index (χ3v) is 3.98. The Hall–Kier alpha value is -3.82. The number of aromatic amines is 1. The SMILES string of the molecule is Cc1nc(-c2nc(-c3ccc(OCF)cc3)no2)nn1Cc1cc[nH]c(=O)c1. The molecular weight excluding hydrogens is 367 g/mol. The van der Waals surface area contributed by atoms with Gasteiger partial charge in [-0.15, -0.1) is 5.10 Å². The summed E-state index contributed by atoms with van der Waals surface area (Å²) in [6.45, 7) is 1.29. The second-order valence-corrected chi connectivity index (χ2v) is 5.90. The Bertz CT molecular complexity index is 1150. The first-order valence-electron chi connectivity index (χ1n) is 8.35. The first-order chi connectivity index (χ1) is 13.6. The van der Waals surface area contributed by atoms with Gasteiger partial charge in [-0.1, -0.05) is 5.16 Å². The lowest BCUT2D eigenvalue weighted by Crippen LogP contribution is -2.09. The van der Waals surface area contributed by atoms with Crippen LogP contribution in [0.25, 0.3) is 23.1 Å². The van der Waals surface area contributed by atoms with E-state index in [1.165, 1.54) is 6.07 Å². The third-order valence-electron chi connectivity index (χ3n) is 3.98. The molecule has 0 saturated carbocycles. The predicted molar refractivity (Wildman–Crippen MR) is 96.3 cm³/mol. The fraction of sp³-hybridized carbons (Fsp3) is 0.167. The van der Waals surface area contributed by atoms with E-state index in [0.29, 0.717) is 35.3 Å². The number of hydrogen-bond donors (Lipinski definition) is 1. The summed E-state index contributed by atoms with van der Waals surface area (Å²) in [7, 11) is 0. The predicted octanol–water partition coefficient (Wildman–Crippen LogP) is 2.35. The van der Waals surface area contributed by atoms with Crippen molar-refractivity contribution in [3.63, 3.8) is 0 Å². The van der Waals surface area contributed by atoms with Crippen LogP contribution in [-0.4, -0.2) is 36.7 Å². The van der Waals surface area contributed by atoms with Crippen LogP contribution in [0.2, 0.25) is 0 Å². The summed E-state index contributed by atoms with van der Waals surface area (Å²) < 4.78 is 23.9. The number of aromatic nitrogens is 6. The molecule has 0 aliphatic carbocycles. The fourth-order valence-electron chi connectivity index (χ4n) is 2.62.